The van der Waals surface area contributed by atoms with Crippen LogP contribution >= 0.6 is 0 Å². The predicted molar refractivity (Wildman–Crippen MR) is 68.8 cm³/mol. The van der Waals surface area contributed by atoms with Crippen LogP contribution in [0.1, 0.15) is 0 Å². The highest BCUT2D eigenvalue weighted by Crippen LogP contribution is 2.31. The van der Waals surface area contributed by atoms with Gasteiger partial charge in [-0.15, -0.1) is 13.2 Å². The minimum absolute atomic E-state index is 0.231. The Morgan fingerprint density at radius 3 is 2.65 bits per heavy atom. The number of rotatable bonds is 2. The van der Waals surface area contributed by atoms with Crippen molar-refractivity contribution in [3.63, 3.8) is 0 Å². The van der Waals surface area contributed by atoms with Gasteiger partial charge in [-0.2, -0.15) is 0 Å². The molecule has 1 aromatic heterocycles. The molecule has 20 heavy (non-hydrogen) atoms. The third-order valence-electron chi connectivity index (χ3n) is 2.89. The van der Waals surface area contributed by atoms with E-state index in [1.54, 1.807) is 41.1 Å². The summed E-state index contributed by atoms with van der Waals surface area (Å²) in [6.07, 6.45) is -3.01. The normalized spacial score (nSPS) is 11.8. The van der Waals surface area contributed by atoms with E-state index in [2.05, 4.69) is 10.8 Å². The summed E-state index contributed by atoms with van der Waals surface area (Å²) in [4.78, 5) is 0. The summed E-state index contributed by atoms with van der Waals surface area (Å²) in [7, 11) is 0. The van der Waals surface area contributed by atoms with Crippen molar-refractivity contribution in [1.29, 1.82) is 0 Å². The maximum absolute atomic E-state index is 12.4. The van der Waals surface area contributed by atoms with Crippen LogP contribution in [-0.4, -0.2) is 10.9 Å². The van der Waals surface area contributed by atoms with Crippen LogP contribution in [-0.2, 0) is 0 Å². The van der Waals surface area contributed by atoms with Gasteiger partial charge in [-0.25, -0.2) is 0 Å². The van der Waals surface area contributed by atoms with Crippen LogP contribution < -0.4 is 4.74 Å². The lowest BCUT2D eigenvalue weighted by Gasteiger charge is -2.14. The second-order valence-electron chi connectivity index (χ2n) is 4.19. The van der Waals surface area contributed by atoms with Gasteiger partial charge in [0.25, 0.3) is 0 Å². The molecule has 0 aliphatic heterocycles. The Hall–Kier alpha value is -2.43. The molecule has 1 heterocycles. The molecule has 0 fully saturated rings. The summed E-state index contributed by atoms with van der Waals surface area (Å²) in [6.45, 7) is 0. The van der Waals surface area contributed by atoms with Crippen LogP contribution in [0, 0.1) is 6.07 Å². The Balaban J connectivity index is 2.15. The van der Waals surface area contributed by atoms with Crippen molar-refractivity contribution in [1.82, 2.24) is 4.57 Å². The lowest BCUT2D eigenvalue weighted by Crippen LogP contribution is -2.18. The fourth-order valence-electron chi connectivity index (χ4n) is 2.10. The number of aromatic nitrogens is 1. The van der Waals surface area contributed by atoms with Gasteiger partial charge in [-0.05, 0) is 36.4 Å². The van der Waals surface area contributed by atoms with Gasteiger partial charge in [0.15, 0.2) is 5.75 Å². The van der Waals surface area contributed by atoms with E-state index in [1.807, 2.05) is 6.07 Å². The van der Waals surface area contributed by atoms with Crippen LogP contribution in [0.15, 0.2) is 54.7 Å². The van der Waals surface area contributed by atoms with Gasteiger partial charge in [-0.1, -0.05) is 18.2 Å². The Bertz CT molecular complexity index is 746. The number of para-hydroxylation sites is 2. The van der Waals surface area contributed by atoms with Gasteiger partial charge in [0.05, 0.1) is 11.2 Å². The predicted octanol–water partition coefficient (Wildman–Crippen LogP) is 4.33. The summed E-state index contributed by atoms with van der Waals surface area (Å²) in [5, 5.41) is 0.898. The molecule has 0 spiro atoms. The van der Waals surface area contributed by atoms with E-state index < -0.39 is 6.36 Å². The van der Waals surface area contributed by atoms with E-state index in [-0.39, 0.29) is 5.75 Å². The number of alkyl halides is 3. The van der Waals surface area contributed by atoms with Crippen LogP contribution in [0.3, 0.4) is 0 Å². The SMILES string of the molecule is FC(F)(F)Oc1ccccc1-n1ccc2c[c]ccc21. The number of hydrogen-bond donors (Lipinski definition) is 0. The molecule has 0 saturated heterocycles. The molecule has 0 bridgehead atoms. The Morgan fingerprint density at radius 1 is 1.05 bits per heavy atom. The Kier molecular flexibility index (Phi) is 2.89. The first-order valence-electron chi connectivity index (χ1n) is 5.87. The fraction of sp³-hybridized carbons (Fsp3) is 0.0667. The van der Waals surface area contributed by atoms with Gasteiger partial charge >= 0.3 is 6.36 Å². The van der Waals surface area contributed by atoms with Gasteiger partial charge in [-0.3, -0.25) is 0 Å². The highest BCUT2D eigenvalue weighted by Gasteiger charge is 2.32. The zero-order valence-corrected chi connectivity index (χ0v) is 10.2. The minimum Gasteiger partial charge on any atom is -0.404 e. The van der Waals surface area contributed by atoms with E-state index in [9.17, 15) is 13.2 Å². The molecular weight excluding hydrogens is 267 g/mol. The molecule has 2 nitrogen and oxygen atoms in total. The zero-order valence-electron chi connectivity index (χ0n) is 10.2. The summed E-state index contributed by atoms with van der Waals surface area (Å²) in [5.74, 6) is -0.231. The maximum Gasteiger partial charge on any atom is 0.573 e. The number of benzene rings is 2. The van der Waals surface area contributed by atoms with Gasteiger partial charge in [0, 0.05) is 11.6 Å². The third kappa shape index (κ3) is 2.34. The first-order valence-corrected chi connectivity index (χ1v) is 5.87. The average Bonchev–Trinajstić information content (AvgIpc) is 2.81. The van der Waals surface area contributed by atoms with E-state index in [0.29, 0.717) is 5.69 Å². The van der Waals surface area contributed by atoms with Crippen molar-refractivity contribution in [2.45, 2.75) is 6.36 Å². The number of ether oxygens (including phenoxy) is 1. The molecule has 0 atom stereocenters. The summed E-state index contributed by atoms with van der Waals surface area (Å²) in [6, 6.07) is 16.1. The van der Waals surface area contributed by atoms with Crippen LogP contribution in [0.25, 0.3) is 16.6 Å². The molecule has 5 heteroatoms. The van der Waals surface area contributed by atoms with E-state index in [4.69, 9.17) is 0 Å². The Labute approximate surface area is 113 Å². The molecule has 0 unspecified atom stereocenters. The van der Waals surface area contributed by atoms with Crippen molar-refractivity contribution in [3.05, 3.63) is 60.8 Å². The first kappa shape index (κ1) is 12.6. The molecule has 0 aliphatic rings. The highest BCUT2D eigenvalue weighted by atomic mass is 19.4. The monoisotopic (exact) mass is 276 g/mol. The van der Waals surface area contributed by atoms with Crippen molar-refractivity contribution < 1.29 is 17.9 Å². The molecule has 1 radical (unpaired) electrons. The second-order valence-corrected chi connectivity index (χ2v) is 4.19. The topological polar surface area (TPSA) is 14.2 Å². The first-order chi connectivity index (χ1) is 9.54. The van der Waals surface area contributed by atoms with E-state index in [1.165, 1.54) is 12.1 Å². The molecule has 0 saturated carbocycles. The molecular formula is C15H9F3NO. The zero-order chi connectivity index (χ0) is 14.2. The lowest BCUT2D eigenvalue weighted by atomic mass is 10.2. The van der Waals surface area contributed by atoms with Crippen LogP contribution in [0.4, 0.5) is 13.2 Å². The second kappa shape index (κ2) is 4.59. The number of hydrogen-bond acceptors (Lipinski definition) is 1. The Morgan fingerprint density at radius 2 is 1.85 bits per heavy atom. The molecule has 3 rings (SSSR count). The van der Waals surface area contributed by atoms with Crippen LogP contribution in [0.2, 0.25) is 0 Å². The number of fused-ring (bicyclic) bond motifs is 1. The molecule has 101 valence electrons. The fourth-order valence-corrected chi connectivity index (χ4v) is 2.10. The molecule has 0 aliphatic carbocycles. The maximum atomic E-state index is 12.4. The molecule has 0 amide bonds. The number of halogens is 3. The molecule has 2 aromatic carbocycles. The van der Waals surface area contributed by atoms with Gasteiger partial charge in [0.1, 0.15) is 0 Å². The molecule has 0 N–H and O–H groups in total. The minimum atomic E-state index is -4.72. The smallest absolute Gasteiger partial charge is 0.404 e. The largest absolute Gasteiger partial charge is 0.573 e. The summed E-state index contributed by atoms with van der Waals surface area (Å²) < 4.78 is 43.1. The number of nitrogens with zero attached hydrogens (tertiary/aromatic N) is 1. The van der Waals surface area contributed by atoms with Crippen molar-refractivity contribution in [2.24, 2.45) is 0 Å². The van der Waals surface area contributed by atoms with Gasteiger partial charge < -0.3 is 9.30 Å². The van der Waals surface area contributed by atoms with Crippen molar-refractivity contribution in [3.8, 4) is 11.4 Å². The molecule has 3 aromatic rings. The van der Waals surface area contributed by atoms with Crippen molar-refractivity contribution >= 4 is 10.9 Å². The lowest BCUT2D eigenvalue weighted by molar-refractivity contribution is -0.274. The summed E-state index contributed by atoms with van der Waals surface area (Å²) in [5.41, 5.74) is 1.13. The quantitative estimate of drug-likeness (QED) is 0.679. The van der Waals surface area contributed by atoms with Crippen LogP contribution in [0.5, 0.6) is 5.75 Å². The van der Waals surface area contributed by atoms with E-state index in [0.717, 1.165) is 10.9 Å². The third-order valence-corrected chi connectivity index (χ3v) is 2.89. The highest BCUT2D eigenvalue weighted by molar-refractivity contribution is 5.82. The van der Waals surface area contributed by atoms with Gasteiger partial charge in [0.2, 0.25) is 0 Å². The van der Waals surface area contributed by atoms with E-state index >= 15 is 0 Å². The average molecular weight is 276 g/mol. The summed E-state index contributed by atoms with van der Waals surface area (Å²) >= 11 is 0. The van der Waals surface area contributed by atoms with Crippen molar-refractivity contribution in [2.75, 3.05) is 0 Å². The standard InChI is InChI=1S/C15H9F3NO/c16-15(17,18)20-14-8-4-3-7-13(14)19-10-9-11-5-1-2-6-12(11)19/h2-10H.